The third kappa shape index (κ3) is 3.27. The van der Waals surface area contributed by atoms with E-state index < -0.39 is 17.2 Å². The molecule has 3 heteroatoms. The summed E-state index contributed by atoms with van der Waals surface area (Å²) in [5.41, 5.74) is 6.35. The molecule has 1 nitrogen and oxygen atoms in total. The molecular weight excluding hydrogens is 196 g/mol. The van der Waals surface area contributed by atoms with Crippen LogP contribution in [0.4, 0.5) is 8.78 Å². The van der Waals surface area contributed by atoms with Crippen molar-refractivity contribution in [3.05, 3.63) is 34.9 Å². The molecule has 0 atom stereocenters. The zero-order valence-corrected chi connectivity index (χ0v) is 9.40. The Labute approximate surface area is 89.3 Å². The molecule has 0 bridgehead atoms. The molecule has 0 aliphatic carbocycles. The molecule has 15 heavy (non-hydrogen) atoms. The van der Waals surface area contributed by atoms with Gasteiger partial charge in [-0.3, -0.25) is 0 Å². The molecule has 0 aliphatic rings. The summed E-state index contributed by atoms with van der Waals surface area (Å²) in [6.07, 6.45) is 0.968. The Kier molecular flexibility index (Phi) is 3.45. The van der Waals surface area contributed by atoms with Crippen molar-refractivity contribution in [1.82, 2.24) is 0 Å². The van der Waals surface area contributed by atoms with Gasteiger partial charge in [-0.2, -0.15) is 0 Å². The van der Waals surface area contributed by atoms with E-state index in [2.05, 4.69) is 0 Å². The van der Waals surface area contributed by atoms with E-state index in [1.54, 1.807) is 6.07 Å². The normalized spacial score (nSPS) is 11.9. The van der Waals surface area contributed by atoms with Gasteiger partial charge >= 0.3 is 0 Å². The summed E-state index contributed by atoms with van der Waals surface area (Å²) in [5, 5.41) is 0. The van der Waals surface area contributed by atoms with Crippen LogP contribution in [0.3, 0.4) is 0 Å². The Bertz CT molecular complexity index is 353. The van der Waals surface area contributed by atoms with E-state index in [0.717, 1.165) is 6.07 Å². The van der Waals surface area contributed by atoms with Gasteiger partial charge in [-0.25, -0.2) is 8.78 Å². The van der Waals surface area contributed by atoms with Gasteiger partial charge in [-0.1, -0.05) is 6.92 Å². The number of benzene rings is 1. The zero-order valence-electron chi connectivity index (χ0n) is 9.40. The highest BCUT2D eigenvalue weighted by molar-refractivity contribution is 5.28. The van der Waals surface area contributed by atoms with Gasteiger partial charge in [0.25, 0.3) is 0 Å². The van der Waals surface area contributed by atoms with Crippen LogP contribution in [0, 0.1) is 11.6 Å². The van der Waals surface area contributed by atoms with Crippen LogP contribution in [-0.4, -0.2) is 5.54 Å². The lowest BCUT2D eigenvalue weighted by Crippen LogP contribution is -2.34. The molecule has 0 saturated carbocycles. The molecule has 2 N–H and O–H groups in total. The topological polar surface area (TPSA) is 26.0 Å². The van der Waals surface area contributed by atoms with Crippen LogP contribution < -0.4 is 5.73 Å². The van der Waals surface area contributed by atoms with E-state index in [1.807, 2.05) is 20.8 Å². The van der Waals surface area contributed by atoms with E-state index in [4.69, 9.17) is 5.73 Å². The van der Waals surface area contributed by atoms with Gasteiger partial charge in [0.15, 0.2) is 0 Å². The van der Waals surface area contributed by atoms with E-state index in [-0.39, 0.29) is 0 Å². The molecule has 0 spiro atoms. The first kappa shape index (κ1) is 12.1. The lowest BCUT2D eigenvalue weighted by Gasteiger charge is -2.19. The smallest absolute Gasteiger partial charge is 0.129 e. The predicted octanol–water partition coefficient (Wildman–Crippen LogP) is 2.81. The molecule has 0 saturated heterocycles. The van der Waals surface area contributed by atoms with Crippen molar-refractivity contribution in [2.45, 2.75) is 39.2 Å². The fourth-order valence-corrected chi connectivity index (χ4v) is 1.54. The Morgan fingerprint density at radius 1 is 1.13 bits per heavy atom. The molecule has 0 amide bonds. The standard InChI is InChI=1S/C12H17F2N/c1-4-8-5-9(7-12(2,3)15)11(14)6-10(8)13/h5-6H,4,7,15H2,1-3H3. The molecule has 0 aliphatic heterocycles. The van der Waals surface area contributed by atoms with Gasteiger partial charge in [0.1, 0.15) is 11.6 Å². The number of hydrogen-bond donors (Lipinski definition) is 1. The summed E-state index contributed by atoms with van der Waals surface area (Å²) in [5.74, 6) is -0.989. The second-order valence-electron chi connectivity index (χ2n) is 4.55. The van der Waals surface area contributed by atoms with Crippen molar-refractivity contribution < 1.29 is 8.78 Å². The molecule has 0 radical (unpaired) electrons. The Balaban J connectivity index is 3.08. The average Bonchev–Trinajstić information content (AvgIpc) is 2.07. The molecule has 1 aromatic carbocycles. The minimum atomic E-state index is -0.511. The van der Waals surface area contributed by atoms with E-state index in [0.29, 0.717) is 24.0 Å². The van der Waals surface area contributed by atoms with Crippen molar-refractivity contribution >= 4 is 0 Å². The van der Waals surface area contributed by atoms with Gasteiger partial charge in [0, 0.05) is 11.6 Å². The van der Waals surface area contributed by atoms with Crippen LogP contribution in [0.5, 0.6) is 0 Å². The van der Waals surface area contributed by atoms with Gasteiger partial charge in [0.05, 0.1) is 0 Å². The molecular formula is C12H17F2N. The van der Waals surface area contributed by atoms with Gasteiger partial charge in [-0.15, -0.1) is 0 Å². The maximum Gasteiger partial charge on any atom is 0.129 e. The largest absolute Gasteiger partial charge is 0.325 e. The van der Waals surface area contributed by atoms with Crippen LogP contribution in [0.1, 0.15) is 31.9 Å². The third-order valence-corrected chi connectivity index (χ3v) is 2.24. The number of aryl methyl sites for hydroxylation is 1. The van der Waals surface area contributed by atoms with Crippen LogP contribution in [-0.2, 0) is 12.8 Å². The van der Waals surface area contributed by atoms with Gasteiger partial charge in [0.2, 0.25) is 0 Å². The first-order chi connectivity index (χ1) is 6.83. The average molecular weight is 213 g/mol. The van der Waals surface area contributed by atoms with Gasteiger partial charge < -0.3 is 5.73 Å². The maximum atomic E-state index is 13.4. The van der Waals surface area contributed by atoms with Crippen LogP contribution >= 0.6 is 0 Å². The summed E-state index contributed by atoms with van der Waals surface area (Å²) in [4.78, 5) is 0. The zero-order chi connectivity index (χ0) is 11.6. The summed E-state index contributed by atoms with van der Waals surface area (Å²) < 4.78 is 26.6. The summed E-state index contributed by atoms with van der Waals surface area (Å²) in [6.45, 7) is 5.48. The quantitative estimate of drug-likeness (QED) is 0.821. The number of hydrogen-bond acceptors (Lipinski definition) is 1. The first-order valence-corrected chi connectivity index (χ1v) is 5.09. The Hall–Kier alpha value is -0.960. The lowest BCUT2D eigenvalue weighted by molar-refractivity contribution is 0.491. The van der Waals surface area contributed by atoms with Crippen LogP contribution in [0.2, 0.25) is 0 Å². The van der Waals surface area contributed by atoms with E-state index in [9.17, 15) is 8.78 Å². The SMILES string of the molecule is CCc1cc(CC(C)(C)N)c(F)cc1F. The predicted molar refractivity (Wildman–Crippen MR) is 57.7 cm³/mol. The highest BCUT2D eigenvalue weighted by Crippen LogP contribution is 2.19. The lowest BCUT2D eigenvalue weighted by atomic mass is 9.94. The minimum absolute atomic E-state index is 0.409. The Morgan fingerprint density at radius 3 is 2.13 bits per heavy atom. The van der Waals surface area contributed by atoms with E-state index >= 15 is 0 Å². The second kappa shape index (κ2) is 4.27. The summed E-state index contributed by atoms with van der Waals surface area (Å²) >= 11 is 0. The number of rotatable bonds is 3. The van der Waals surface area contributed by atoms with Gasteiger partial charge in [-0.05, 0) is 43.9 Å². The summed E-state index contributed by atoms with van der Waals surface area (Å²) in [6, 6.07) is 2.51. The Morgan fingerprint density at radius 2 is 1.67 bits per heavy atom. The second-order valence-corrected chi connectivity index (χ2v) is 4.55. The maximum absolute atomic E-state index is 13.4. The highest BCUT2D eigenvalue weighted by atomic mass is 19.1. The van der Waals surface area contributed by atoms with Crippen LogP contribution in [0.15, 0.2) is 12.1 Å². The van der Waals surface area contributed by atoms with E-state index in [1.165, 1.54) is 0 Å². The molecule has 0 aromatic heterocycles. The summed E-state index contributed by atoms with van der Waals surface area (Å²) in [7, 11) is 0. The van der Waals surface area contributed by atoms with Crippen molar-refractivity contribution in [1.29, 1.82) is 0 Å². The highest BCUT2D eigenvalue weighted by Gasteiger charge is 2.16. The fourth-order valence-electron chi connectivity index (χ4n) is 1.54. The molecule has 84 valence electrons. The molecule has 0 unspecified atom stereocenters. The number of nitrogens with two attached hydrogens (primary N) is 1. The van der Waals surface area contributed by atoms with Crippen molar-refractivity contribution in [3.8, 4) is 0 Å². The monoisotopic (exact) mass is 213 g/mol. The third-order valence-electron chi connectivity index (χ3n) is 2.24. The first-order valence-electron chi connectivity index (χ1n) is 5.09. The fraction of sp³-hybridized carbons (Fsp3) is 0.500. The van der Waals surface area contributed by atoms with Crippen molar-refractivity contribution in [3.63, 3.8) is 0 Å². The molecule has 1 rings (SSSR count). The number of halogens is 2. The molecule has 0 heterocycles. The van der Waals surface area contributed by atoms with Crippen LogP contribution in [0.25, 0.3) is 0 Å². The van der Waals surface area contributed by atoms with Crippen molar-refractivity contribution in [2.24, 2.45) is 5.73 Å². The minimum Gasteiger partial charge on any atom is -0.325 e. The molecule has 1 aromatic rings. The van der Waals surface area contributed by atoms with Crippen molar-refractivity contribution in [2.75, 3.05) is 0 Å². The molecule has 0 fully saturated rings.